The number of aliphatic hydroxyl groups excluding tert-OH is 1. The first kappa shape index (κ1) is 25.6. The topological polar surface area (TPSA) is 35.9 Å². The van der Waals surface area contributed by atoms with Crippen LogP contribution in [0.3, 0.4) is 0 Å². The van der Waals surface area contributed by atoms with Crippen molar-refractivity contribution in [2.45, 2.75) is 31.2 Å². The first-order valence-electron chi connectivity index (χ1n) is 10.9. The second-order valence-electron chi connectivity index (χ2n) is 8.31. The zero-order chi connectivity index (χ0) is 26.1. The average Bonchev–Trinajstić information content (AvgIpc) is 2.81. The van der Waals surface area contributed by atoms with Gasteiger partial charge in [0.25, 0.3) is 0 Å². The highest BCUT2D eigenvalue weighted by molar-refractivity contribution is 5.74. The van der Waals surface area contributed by atoms with Crippen molar-refractivity contribution in [3.63, 3.8) is 0 Å². The number of aliphatic hydroxyl groups is 1. The van der Waals surface area contributed by atoms with Gasteiger partial charge < -0.3 is 19.6 Å². The van der Waals surface area contributed by atoms with Crippen LogP contribution >= 0.6 is 0 Å². The summed E-state index contributed by atoms with van der Waals surface area (Å²) in [6.45, 7) is -0.830. The first-order chi connectivity index (χ1) is 16.9. The fourth-order valence-corrected chi connectivity index (χ4v) is 4.25. The zero-order valence-electron chi connectivity index (χ0n) is 18.6. The quantitative estimate of drug-likeness (QED) is 0.397. The molecule has 1 heterocycles. The van der Waals surface area contributed by atoms with Gasteiger partial charge in [0.05, 0.1) is 24.0 Å². The molecule has 11 heteroatoms. The number of alkyl halides is 6. The number of nitrogens with zero attached hydrogens (tertiary/aromatic N) is 2. The van der Waals surface area contributed by atoms with E-state index in [1.807, 2.05) is 0 Å². The Morgan fingerprint density at radius 2 is 1.53 bits per heavy atom. The van der Waals surface area contributed by atoms with Gasteiger partial charge in [0.1, 0.15) is 11.6 Å². The van der Waals surface area contributed by atoms with Crippen LogP contribution in [-0.2, 0) is 6.54 Å². The van der Waals surface area contributed by atoms with Gasteiger partial charge in [0.2, 0.25) is 0 Å². The summed E-state index contributed by atoms with van der Waals surface area (Å²) in [5, 5.41) is 9.85. The van der Waals surface area contributed by atoms with Gasteiger partial charge in [-0.2, -0.15) is 13.2 Å². The number of β-amino-alcohol motifs (C(OH)–C–C–N with tert-alkyl or cyclic N) is 1. The lowest BCUT2D eigenvalue weighted by molar-refractivity contribution is -0.274. The van der Waals surface area contributed by atoms with Gasteiger partial charge in [0, 0.05) is 18.7 Å². The number of anilines is 2. The summed E-state index contributed by atoms with van der Waals surface area (Å²) < 4.78 is 96.3. The Kier molecular flexibility index (Phi) is 7.03. The predicted molar refractivity (Wildman–Crippen MR) is 119 cm³/mol. The van der Waals surface area contributed by atoms with Crippen molar-refractivity contribution in [1.29, 1.82) is 0 Å². The van der Waals surface area contributed by atoms with Gasteiger partial charge in [0.15, 0.2) is 6.10 Å². The fourth-order valence-electron chi connectivity index (χ4n) is 4.25. The Morgan fingerprint density at radius 3 is 2.17 bits per heavy atom. The Hall–Kier alpha value is -3.47. The number of ether oxygens (including phenoxy) is 1. The van der Waals surface area contributed by atoms with E-state index in [4.69, 9.17) is 0 Å². The van der Waals surface area contributed by atoms with Crippen LogP contribution in [0.25, 0.3) is 0 Å². The van der Waals surface area contributed by atoms with Gasteiger partial charge in [-0.05, 0) is 35.9 Å². The highest BCUT2D eigenvalue weighted by atomic mass is 19.4. The molecule has 0 spiro atoms. The van der Waals surface area contributed by atoms with E-state index >= 15 is 0 Å². The lowest BCUT2D eigenvalue weighted by Crippen LogP contribution is -2.49. The molecule has 0 unspecified atom stereocenters. The third-order valence-corrected chi connectivity index (χ3v) is 5.85. The summed E-state index contributed by atoms with van der Waals surface area (Å²) in [7, 11) is 0. The van der Waals surface area contributed by atoms with E-state index in [9.17, 15) is 35.8 Å². The summed E-state index contributed by atoms with van der Waals surface area (Å²) in [5.74, 6) is -1.34. The smallest absolute Gasteiger partial charge is 0.406 e. The minimum absolute atomic E-state index is 0.0788. The molecular weight excluding hydrogens is 493 g/mol. The van der Waals surface area contributed by atoms with Crippen molar-refractivity contribution in [3.05, 3.63) is 89.7 Å². The molecule has 0 radical (unpaired) electrons. The van der Waals surface area contributed by atoms with E-state index < -0.39 is 42.8 Å². The standard InChI is InChI=1S/C25H21F7N2O2/c26-19-11-10-18(36-25(30,31)32)12-17(19)13-33-14-22(16-6-2-1-3-7-16)34(15-23(35)24(27,28)29)21-9-5-4-8-20(21)33/h1-12,22-23,35H,13-15H2/t22-,23-/m1/s1. The van der Waals surface area contributed by atoms with Crippen LogP contribution in [-0.4, -0.2) is 36.8 Å². The molecule has 4 nitrogen and oxygen atoms in total. The number of para-hydroxylation sites is 2. The van der Waals surface area contributed by atoms with E-state index in [-0.39, 0.29) is 18.7 Å². The van der Waals surface area contributed by atoms with Gasteiger partial charge in [-0.15, -0.1) is 13.2 Å². The number of hydrogen-bond acceptors (Lipinski definition) is 4. The lowest BCUT2D eigenvalue weighted by atomic mass is 9.98. The maximum absolute atomic E-state index is 14.6. The SMILES string of the molecule is O[C@H](CN1c2ccccc2N(Cc2cc(OC(F)(F)F)ccc2F)C[C@@H]1c1ccccc1)C(F)(F)F. The summed E-state index contributed by atoms with van der Waals surface area (Å²) in [4.78, 5) is 3.12. The average molecular weight is 514 g/mol. The van der Waals surface area contributed by atoms with E-state index in [0.717, 1.165) is 18.2 Å². The van der Waals surface area contributed by atoms with Crippen molar-refractivity contribution >= 4 is 11.4 Å². The molecule has 0 saturated carbocycles. The molecule has 0 bridgehead atoms. The molecule has 0 amide bonds. The van der Waals surface area contributed by atoms with E-state index in [0.29, 0.717) is 16.9 Å². The van der Waals surface area contributed by atoms with Crippen molar-refractivity contribution in [2.75, 3.05) is 22.9 Å². The van der Waals surface area contributed by atoms with E-state index in [2.05, 4.69) is 4.74 Å². The summed E-state index contributed by atoms with van der Waals surface area (Å²) >= 11 is 0. The van der Waals surface area contributed by atoms with Gasteiger partial charge >= 0.3 is 12.5 Å². The summed E-state index contributed by atoms with van der Waals surface area (Å²) in [6, 6.07) is 17.1. The molecular formula is C25H21F7N2O2. The third kappa shape index (κ3) is 5.84. The molecule has 1 N–H and O–H groups in total. The van der Waals surface area contributed by atoms with Crippen LogP contribution in [0.2, 0.25) is 0 Å². The predicted octanol–water partition coefficient (Wildman–Crippen LogP) is 6.22. The number of rotatable bonds is 6. The number of halogens is 7. The normalized spacial score (nSPS) is 17.1. The largest absolute Gasteiger partial charge is 0.573 e. The Morgan fingerprint density at radius 1 is 0.889 bits per heavy atom. The molecule has 0 aliphatic carbocycles. The molecule has 192 valence electrons. The minimum Gasteiger partial charge on any atom is -0.406 e. The molecule has 4 rings (SSSR count). The molecule has 0 fully saturated rings. The Labute approximate surface area is 202 Å². The van der Waals surface area contributed by atoms with Gasteiger partial charge in [-0.1, -0.05) is 42.5 Å². The highest BCUT2D eigenvalue weighted by Gasteiger charge is 2.42. The van der Waals surface area contributed by atoms with Crippen LogP contribution in [0.4, 0.5) is 42.1 Å². The van der Waals surface area contributed by atoms with Crippen molar-refractivity contribution in [2.24, 2.45) is 0 Å². The summed E-state index contributed by atoms with van der Waals surface area (Å²) in [6.07, 6.45) is -12.4. The van der Waals surface area contributed by atoms with Crippen LogP contribution in [0.1, 0.15) is 17.2 Å². The molecule has 36 heavy (non-hydrogen) atoms. The Balaban J connectivity index is 1.73. The summed E-state index contributed by atoms with van der Waals surface area (Å²) in [5.41, 5.74) is 1.38. The number of benzene rings is 3. The van der Waals surface area contributed by atoms with Crippen molar-refractivity contribution in [1.82, 2.24) is 0 Å². The van der Waals surface area contributed by atoms with Crippen molar-refractivity contribution < 1.29 is 40.6 Å². The maximum Gasteiger partial charge on any atom is 0.573 e. The van der Waals surface area contributed by atoms with E-state index in [1.165, 1.54) is 4.90 Å². The van der Waals surface area contributed by atoms with Crippen LogP contribution in [0.5, 0.6) is 5.75 Å². The monoisotopic (exact) mass is 514 g/mol. The van der Waals surface area contributed by atoms with Crippen molar-refractivity contribution in [3.8, 4) is 5.75 Å². The van der Waals surface area contributed by atoms with Gasteiger partial charge in [-0.25, -0.2) is 4.39 Å². The highest BCUT2D eigenvalue weighted by Crippen LogP contribution is 2.42. The maximum atomic E-state index is 14.6. The van der Waals surface area contributed by atoms with Crippen LogP contribution < -0.4 is 14.5 Å². The number of fused-ring (bicyclic) bond motifs is 1. The third-order valence-electron chi connectivity index (χ3n) is 5.85. The molecule has 1 aliphatic rings. The minimum atomic E-state index is -4.95. The Bertz CT molecular complexity index is 1190. The fraction of sp³-hybridized carbons (Fsp3) is 0.280. The molecule has 3 aromatic carbocycles. The van der Waals surface area contributed by atoms with Gasteiger partial charge in [-0.3, -0.25) is 0 Å². The molecule has 0 saturated heterocycles. The zero-order valence-corrected chi connectivity index (χ0v) is 18.6. The van der Waals surface area contributed by atoms with Crippen LogP contribution in [0, 0.1) is 5.82 Å². The molecule has 0 aromatic heterocycles. The molecule has 3 aromatic rings. The lowest BCUT2D eigenvalue weighted by Gasteiger charge is -2.45. The molecule has 2 atom stereocenters. The second kappa shape index (κ2) is 9.88. The number of hydrogen-bond donors (Lipinski definition) is 1. The second-order valence-corrected chi connectivity index (χ2v) is 8.31. The van der Waals surface area contributed by atoms with E-state index in [1.54, 1.807) is 59.5 Å². The first-order valence-corrected chi connectivity index (χ1v) is 10.9. The molecule has 1 aliphatic heterocycles. The van der Waals surface area contributed by atoms with Crippen LogP contribution in [0.15, 0.2) is 72.8 Å².